The number of anilines is 1. The van der Waals surface area contributed by atoms with Crippen molar-refractivity contribution >= 4 is 11.7 Å². The lowest BCUT2D eigenvalue weighted by Gasteiger charge is -2.36. The fourth-order valence-electron chi connectivity index (χ4n) is 4.35. The van der Waals surface area contributed by atoms with Crippen LogP contribution in [0.25, 0.3) is 11.3 Å². The van der Waals surface area contributed by atoms with Crippen molar-refractivity contribution in [1.82, 2.24) is 15.1 Å². The van der Waals surface area contributed by atoms with Crippen LogP contribution in [0.5, 0.6) is 0 Å². The number of benzene rings is 2. The van der Waals surface area contributed by atoms with Gasteiger partial charge in [-0.15, -0.1) is 10.2 Å². The van der Waals surface area contributed by atoms with Gasteiger partial charge in [0.2, 0.25) is 5.91 Å². The molecule has 0 spiro atoms. The molecule has 2 heterocycles. The Hall–Kier alpha value is -3.21. The number of carbonyl (C=O) groups is 1. The molecular formula is C26H30N4O. The van der Waals surface area contributed by atoms with E-state index in [-0.39, 0.29) is 11.8 Å². The van der Waals surface area contributed by atoms with Crippen molar-refractivity contribution < 1.29 is 4.79 Å². The average molecular weight is 415 g/mol. The largest absolute Gasteiger partial charge is 0.352 e. The molecule has 0 radical (unpaired) electrons. The van der Waals surface area contributed by atoms with Gasteiger partial charge in [0.05, 0.1) is 11.6 Å². The number of rotatable bonds is 5. The third kappa shape index (κ3) is 4.61. The van der Waals surface area contributed by atoms with Crippen LogP contribution in [0.15, 0.2) is 60.7 Å². The van der Waals surface area contributed by atoms with Gasteiger partial charge >= 0.3 is 0 Å². The van der Waals surface area contributed by atoms with Crippen molar-refractivity contribution in [2.24, 2.45) is 0 Å². The molecule has 4 rings (SSSR count). The summed E-state index contributed by atoms with van der Waals surface area (Å²) in [5.41, 5.74) is 5.56. The van der Waals surface area contributed by atoms with Gasteiger partial charge in [0.1, 0.15) is 0 Å². The molecule has 1 atom stereocenters. The Morgan fingerprint density at radius 3 is 2.29 bits per heavy atom. The molecule has 0 aliphatic carbocycles. The predicted molar refractivity (Wildman–Crippen MR) is 125 cm³/mol. The minimum Gasteiger partial charge on any atom is -0.352 e. The van der Waals surface area contributed by atoms with Crippen molar-refractivity contribution in [2.45, 2.75) is 33.1 Å². The van der Waals surface area contributed by atoms with E-state index in [1.165, 1.54) is 11.1 Å². The molecule has 0 saturated carbocycles. The molecule has 0 bridgehead atoms. The van der Waals surface area contributed by atoms with Gasteiger partial charge in [-0.05, 0) is 43.5 Å². The summed E-state index contributed by atoms with van der Waals surface area (Å²) in [6.07, 6.45) is 0.814. The van der Waals surface area contributed by atoms with E-state index in [0.717, 1.165) is 42.1 Å². The number of hydrogen-bond donors (Lipinski definition) is 0. The van der Waals surface area contributed by atoms with Crippen LogP contribution in [0.4, 0.5) is 5.82 Å². The Morgan fingerprint density at radius 1 is 0.935 bits per heavy atom. The van der Waals surface area contributed by atoms with Gasteiger partial charge in [-0.2, -0.15) is 0 Å². The van der Waals surface area contributed by atoms with Gasteiger partial charge < -0.3 is 9.80 Å². The van der Waals surface area contributed by atoms with Crippen molar-refractivity contribution in [3.63, 3.8) is 0 Å². The molecule has 160 valence electrons. The quantitative estimate of drug-likeness (QED) is 0.612. The van der Waals surface area contributed by atoms with E-state index in [4.69, 9.17) is 0 Å². The molecule has 1 unspecified atom stereocenters. The van der Waals surface area contributed by atoms with Crippen molar-refractivity contribution in [1.29, 1.82) is 0 Å². The SMILES string of the molecule is CCC(C(=O)N1CCN(c2ccc(-c3ccc(C)cc3C)nn2)CC1)c1ccccc1. The molecule has 1 aliphatic rings. The van der Waals surface area contributed by atoms with E-state index in [1.807, 2.05) is 35.2 Å². The Kier molecular flexibility index (Phi) is 6.31. The number of aryl methyl sites for hydroxylation is 2. The van der Waals surface area contributed by atoms with Crippen LogP contribution in [0.1, 0.15) is 36.0 Å². The summed E-state index contributed by atoms with van der Waals surface area (Å²) in [5, 5.41) is 8.96. The lowest BCUT2D eigenvalue weighted by molar-refractivity contribution is -0.133. The molecule has 1 aliphatic heterocycles. The van der Waals surface area contributed by atoms with Gasteiger partial charge in [-0.1, -0.05) is 61.0 Å². The summed E-state index contributed by atoms with van der Waals surface area (Å²) < 4.78 is 0. The third-order valence-corrected chi connectivity index (χ3v) is 6.13. The van der Waals surface area contributed by atoms with Gasteiger partial charge in [0.15, 0.2) is 5.82 Å². The Bertz CT molecular complexity index is 1030. The van der Waals surface area contributed by atoms with Crippen molar-refractivity contribution in [2.75, 3.05) is 31.1 Å². The van der Waals surface area contributed by atoms with Crippen LogP contribution in [0.3, 0.4) is 0 Å². The number of carbonyl (C=O) groups excluding carboxylic acids is 1. The van der Waals surface area contributed by atoms with E-state index in [1.54, 1.807) is 0 Å². The van der Waals surface area contributed by atoms with Crippen LogP contribution in [-0.4, -0.2) is 47.2 Å². The molecule has 5 nitrogen and oxygen atoms in total. The lowest BCUT2D eigenvalue weighted by Crippen LogP contribution is -2.50. The summed E-state index contributed by atoms with van der Waals surface area (Å²) in [4.78, 5) is 17.3. The van der Waals surface area contributed by atoms with E-state index in [9.17, 15) is 4.79 Å². The van der Waals surface area contributed by atoms with Crippen molar-refractivity contribution in [3.8, 4) is 11.3 Å². The highest BCUT2D eigenvalue weighted by atomic mass is 16.2. The van der Waals surface area contributed by atoms with Crippen LogP contribution in [-0.2, 0) is 4.79 Å². The summed E-state index contributed by atoms with van der Waals surface area (Å²) in [6.45, 7) is 9.25. The second-order valence-electron chi connectivity index (χ2n) is 8.28. The van der Waals surface area contributed by atoms with Crippen LogP contribution >= 0.6 is 0 Å². The molecule has 5 heteroatoms. The first-order valence-electron chi connectivity index (χ1n) is 11.1. The number of amides is 1. The van der Waals surface area contributed by atoms with Gasteiger partial charge in [-0.25, -0.2) is 0 Å². The molecule has 1 fully saturated rings. The zero-order valence-electron chi connectivity index (χ0n) is 18.6. The topological polar surface area (TPSA) is 49.3 Å². The maximum Gasteiger partial charge on any atom is 0.230 e. The Balaban J connectivity index is 1.40. The minimum atomic E-state index is -0.0652. The first kappa shape index (κ1) is 21.0. The van der Waals surface area contributed by atoms with Gasteiger partial charge in [0, 0.05) is 31.7 Å². The third-order valence-electron chi connectivity index (χ3n) is 6.13. The first-order chi connectivity index (χ1) is 15.1. The number of piperazine rings is 1. The second-order valence-corrected chi connectivity index (χ2v) is 8.28. The van der Waals surface area contributed by atoms with E-state index in [2.05, 4.69) is 66.2 Å². The molecule has 1 amide bonds. The summed E-state index contributed by atoms with van der Waals surface area (Å²) in [6, 6.07) is 20.6. The predicted octanol–water partition coefficient (Wildman–Crippen LogP) is 4.60. The molecule has 31 heavy (non-hydrogen) atoms. The monoisotopic (exact) mass is 414 g/mol. The number of nitrogens with zero attached hydrogens (tertiary/aromatic N) is 4. The lowest BCUT2D eigenvalue weighted by atomic mass is 9.95. The minimum absolute atomic E-state index is 0.0652. The highest BCUT2D eigenvalue weighted by molar-refractivity contribution is 5.84. The number of aromatic nitrogens is 2. The molecule has 1 saturated heterocycles. The molecule has 2 aromatic carbocycles. The molecular weight excluding hydrogens is 384 g/mol. The van der Waals surface area contributed by atoms with E-state index >= 15 is 0 Å². The first-order valence-corrected chi connectivity index (χ1v) is 11.1. The Labute approximate surface area is 184 Å². The standard InChI is InChI=1S/C26H30N4O/c1-4-22(21-8-6-5-7-9-21)26(31)30-16-14-29(15-17-30)25-13-12-24(27-28-25)23-11-10-19(2)18-20(23)3/h5-13,18,22H,4,14-17H2,1-3H3. The fraction of sp³-hybridized carbons (Fsp3) is 0.346. The van der Waals surface area contributed by atoms with Crippen molar-refractivity contribution in [3.05, 3.63) is 77.4 Å². The normalized spacial score (nSPS) is 15.1. The van der Waals surface area contributed by atoms with Crippen LogP contribution < -0.4 is 4.90 Å². The van der Waals surface area contributed by atoms with E-state index < -0.39 is 0 Å². The second kappa shape index (κ2) is 9.29. The fourth-order valence-corrected chi connectivity index (χ4v) is 4.35. The van der Waals surface area contributed by atoms with Gasteiger partial charge in [-0.3, -0.25) is 4.79 Å². The maximum atomic E-state index is 13.1. The van der Waals surface area contributed by atoms with Crippen LogP contribution in [0.2, 0.25) is 0 Å². The van der Waals surface area contributed by atoms with E-state index in [0.29, 0.717) is 13.1 Å². The molecule has 0 N–H and O–H groups in total. The smallest absolute Gasteiger partial charge is 0.230 e. The zero-order chi connectivity index (χ0) is 21.8. The number of hydrogen-bond acceptors (Lipinski definition) is 4. The highest BCUT2D eigenvalue weighted by Gasteiger charge is 2.28. The average Bonchev–Trinajstić information content (AvgIpc) is 2.80. The summed E-state index contributed by atoms with van der Waals surface area (Å²) >= 11 is 0. The van der Waals surface area contributed by atoms with Crippen LogP contribution in [0, 0.1) is 13.8 Å². The maximum absolute atomic E-state index is 13.1. The summed E-state index contributed by atoms with van der Waals surface area (Å²) in [5.74, 6) is 1.03. The molecule has 1 aromatic heterocycles. The molecule has 3 aromatic rings. The summed E-state index contributed by atoms with van der Waals surface area (Å²) in [7, 11) is 0. The van der Waals surface area contributed by atoms with Gasteiger partial charge in [0.25, 0.3) is 0 Å². The Morgan fingerprint density at radius 2 is 1.68 bits per heavy atom. The highest BCUT2D eigenvalue weighted by Crippen LogP contribution is 2.25. The zero-order valence-corrected chi connectivity index (χ0v) is 18.6.